The van der Waals surface area contributed by atoms with Crippen molar-refractivity contribution in [3.05, 3.63) is 16.1 Å². The van der Waals surface area contributed by atoms with E-state index < -0.39 is 5.91 Å². The highest BCUT2D eigenvalue weighted by molar-refractivity contribution is 7.11. The van der Waals surface area contributed by atoms with Gasteiger partial charge in [0.25, 0.3) is 11.8 Å². The molecule has 0 saturated carbocycles. The second-order valence-corrected chi connectivity index (χ2v) is 4.70. The predicted octanol–water partition coefficient (Wildman–Crippen LogP) is 1.02. The number of thiazole rings is 1. The number of nitrogens with one attached hydrogen (secondary N) is 1. The van der Waals surface area contributed by atoms with E-state index in [1.165, 1.54) is 5.38 Å². The minimum Gasteiger partial charge on any atom is -0.364 e. The molecule has 0 fully saturated rings. The first kappa shape index (κ1) is 12.6. The molecule has 0 atom stereocenters. The van der Waals surface area contributed by atoms with Crippen molar-refractivity contribution in [1.29, 1.82) is 0 Å². The second kappa shape index (κ2) is 5.60. The van der Waals surface area contributed by atoms with Crippen LogP contribution in [0.3, 0.4) is 0 Å². The summed E-state index contributed by atoms with van der Waals surface area (Å²) in [6.07, 6.45) is 0.915. The highest BCUT2D eigenvalue weighted by atomic mass is 32.1. The van der Waals surface area contributed by atoms with Gasteiger partial charge < -0.3 is 11.1 Å². The van der Waals surface area contributed by atoms with Gasteiger partial charge in [-0.1, -0.05) is 13.8 Å². The van der Waals surface area contributed by atoms with E-state index >= 15 is 0 Å². The molecule has 2 amide bonds. The Bertz CT molecular complexity index is 387. The van der Waals surface area contributed by atoms with E-state index in [0.29, 0.717) is 12.5 Å². The van der Waals surface area contributed by atoms with Gasteiger partial charge in [0.1, 0.15) is 5.69 Å². The molecular formula is C10H15N3O2S. The summed E-state index contributed by atoms with van der Waals surface area (Å²) in [7, 11) is 0. The van der Waals surface area contributed by atoms with Crippen LogP contribution >= 0.6 is 11.3 Å². The zero-order chi connectivity index (χ0) is 12.1. The van der Waals surface area contributed by atoms with Crippen molar-refractivity contribution in [2.45, 2.75) is 20.3 Å². The molecule has 3 N–H and O–H groups in total. The van der Waals surface area contributed by atoms with E-state index in [2.05, 4.69) is 24.1 Å². The zero-order valence-electron chi connectivity index (χ0n) is 9.32. The molecule has 0 unspecified atom stereocenters. The normalized spacial score (nSPS) is 10.4. The van der Waals surface area contributed by atoms with Gasteiger partial charge in [-0.15, -0.1) is 11.3 Å². The summed E-state index contributed by atoms with van der Waals surface area (Å²) in [5, 5.41) is 4.43. The van der Waals surface area contributed by atoms with Crippen LogP contribution < -0.4 is 11.1 Å². The fourth-order valence-electron chi connectivity index (χ4n) is 1.06. The quantitative estimate of drug-likeness (QED) is 0.807. The molecule has 0 aliphatic heterocycles. The van der Waals surface area contributed by atoms with Gasteiger partial charge in [0, 0.05) is 11.9 Å². The van der Waals surface area contributed by atoms with E-state index in [9.17, 15) is 9.59 Å². The van der Waals surface area contributed by atoms with Crippen LogP contribution in [0.4, 0.5) is 0 Å². The molecule has 0 radical (unpaired) electrons. The first-order valence-corrected chi connectivity index (χ1v) is 5.92. The second-order valence-electron chi connectivity index (χ2n) is 3.84. The first-order chi connectivity index (χ1) is 7.50. The standard InChI is InChI=1S/C10H15N3O2S/c1-6(2)3-4-12-9(15)7-5-16-10(13-7)8(11)14/h5-6H,3-4H2,1-2H3,(H2,11,14)(H,12,15). The lowest BCUT2D eigenvalue weighted by Crippen LogP contribution is -2.25. The lowest BCUT2D eigenvalue weighted by atomic mass is 10.1. The Hall–Kier alpha value is -1.43. The van der Waals surface area contributed by atoms with Gasteiger partial charge in [-0.3, -0.25) is 9.59 Å². The molecule has 6 heteroatoms. The fraction of sp³-hybridized carbons (Fsp3) is 0.500. The molecule has 0 aromatic carbocycles. The molecule has 0 aliphatic rings. The number of carbonyl (C=O) groups is 2. The van der Waals surface area contributed by atoms with Crippen LogP contribution in [0.25, 0.3) is 0 Å². The molecule has 1 aromatic heterocycles. The largest absolute Gasteiger partial charge is 0.364 e. The van der Waals surface area contributed by atoms with E-state index in [4.69, 9.17) is 5.73 Å². The molecule has 0 bridgehead atoms. The summed E-state index contributed by atoms with van der Waals surface area (Å²) in [6.45, 7) is 4.78. The summed E-state index contributed by atoms with van der Waals surface area (Å²) < 4.78 is 0. The summed E-state index contributed by atoms with van der Waals surface area (Å²) in [5.41, 5.74) is 5.30. The van der Waals surface area contributed by atoms with Gasteiger partial charge in [-0.05, 0) is 12.3 Å². The summed E-state index contributed by atoms with van der Waals surface area (Å²) in [5.74, 6) is -0.326. The molecule has 0 aliphatic carbocycles. The third kappa shape index (κ3) is 3.62. The molecule has 16 heavy (non-hydrogen) atoms. The monoisotopic (exact) mass is 241 g/mol. The van der Waals surface area contributed by atoms with Crippen LogP contribution in [0.2, 0.25) is 0 Å². The minimum absolute atomic E-state index is 0.161. The van der Waals surface area contributed by atoms with Gasteiger partial charge in [0.15, 0.2) is 5.01 Å². The number of carbonyl (C=O) groups excluding carboxylic acids is 2. The molecule has 0 spiro atoms. The van der Waals surface area contributed by atoms with Crippen molar-refractivity contribution >= 4 is 23.2 Å². The van der Waals surface area contributed by atoms with Crippen molar-refractivity contribution < 1.29 is 9.59 Å². The lowest BCUT2D eigenvalue weighted by Gasteiger charge is -2.05. The molecule has 88 valence electrons. The summed E-state index contributed by atoms with van der Waals surface area (Å²) in [4.78, 5) is 26.2. The van der Waals surface area contributed by atoms with Crippen LogP contribution in [0.5, 0.6) is 0 Å². The minimum atomic E-state index is -0.605. The van der Waals surface area contributed by atoms with Crippen molar-refractivity contribution in [2.75, 3.05) is 6.54 Å². The zero-order valence-corrected chi connectivity index (χ0v) is 10.1. The van der Waals surface area contributed by atoms with Gasteiger partial charge in [-0.2, -0.15) is 0 Å². The topological polar surface area (TPSA) is 85.1 Å². The molecule has 1 heterocycles. The predicted molar refractivity (Wildman–Crippen MR) is 62.4 cm³/mol. The Morgan fingerprint density at radius 2 is 2.25 bits per heavy atom. The van der Waals surface area contributed by atoms with E-state index in [1.54, 1.807) is 0 Å². The van der Waals surface area contributed by atoms with Crippen LogP contribution in [-0.2, 0) is 0 Å². The molecular weight excluding hydrogens is 226 g/mol. The number of nitrogens with two attached hydrogens (primary N) is 1. The van der Waals surface area contributed by atoms with Crippen molar-refractivity contribution in [3.8, 4) is 0 Å². The number of primary amides is 1. The number of hydrogen-bond acceptors (Lipinski definition) is 4. The number of aromatic nitrogens is 1. The molecule has 0 saturated heterocycles. The van der Waals surface area contributed by atoms with Gasteiger partial charge in [0.2, 0.25) is 0 Å². The summed E-state index contributed by atoms with van der Waals surface area (Å²) in [6, 6.07) is 0. The van der Waals surface area contributed by atoms with E-state index in [-0.39, 0.29) is 16.6 Å². The highest BCUT2D eigenvalue weighted by Gasteiger charge is 2.12. The number of hydrogen-bond donors (Lipinski definition) is 2. The van der Waals surface area contributed by atoms with Gasteiger partial charge in [0.05, 0.1) is 0 Å². The Morgan fingerprint density at radius 1 is 1.56 bits per heavy atom. The van der Waals surface area contributed by atoms with E-state index in [1.807, 2.05) is 0 Å². The first-order valence-electron chi connectivity index (χ1n) is 5.04. The molecule has 1 aromatic rings. The van der Waals surface area contributed by atoms with Crippen LogP contribution in [0, 0.1) is 5.92 Å². The Balaban J connectivity index is 2.50. The van der Waals surface area contributed by atoms with Gasteiger partial charge >= 0.3 is 0 Å². The number of nitrogens with zero attached hydrogens (tertiary/aromatic N) is 1. The average molecular weight is 241 g/mol. The van der Waals surface area contributed by atoms with Crippen LogP contribution in [0.1, 0.15) is 40.6 Å². The highest BCUT2D eigenvalue weighted by Crippen LogP contribution is 2.08. The molecule has 1 rings (SSSR count). The van der Waals surface area contributed by atoms with Crippen LogP contribution in [0.15, 0.2) is 5.38 Å². The third-order valence-corrected chi connectivity index (χ3v) is 2.81. The van der Waals surface area contributed by atoms with Crippen LogP contribution in [-0.4, -0.2) is 23.3 Å². The third-order valence-electron chi connectivity index (χ3n) is 1.95. The smallest absolute Gasteiger partial charge is 0.277 e. The number of rotatable bonds is 5. The molecule has 5 nitrogen and oxygen atoms in total. The van der Waals surface area contributed by atoms with Crippen molar-refractivity contribution in [1.82, 2.24) is 10.3 Å². The maximum Gasteiger partial charge on any atom is 0.277 e. The Morgan fingerprint density at radius 3 is 2.75 bits per heavy atom. The maximum atomic E-state index is 11.5. The Labute approximate surface area is 98.1 Å². The lowest BCUT2D eigenvalue weighted by molar-refractivity contribution is 0.0947. The maximum absolute atomic E-state index is 11.5. The van der Waals surface area contributed by atoms with E-state index in [0.717, 1.165) is 17.8 Å². The van der Waals surface area contributed by atoms with Crippen molar-refractivity contribution in [2.24, 2.45) is 11.7 Å². The average Bonchev–Trinajstić information content (AvgIpc) is 2.65. The summed E-state index contributed by atoms with van der Waals surface area (Å²) >= 11 is 1.08. The Kier molecular flexibility index (Phi) is 4.42. The van der Waals surface area contributed by atoms with Gasteiger partial charge in [-0.25, -0.2) is 4.98 Å². The SMILES string of the molecule is CC(C)CCNC(=O)c1csc(C(N)=O)n1. The fourth-order valence-corrected chi connectivity index (χ4v) is 1.71. The number of amides is 2. The van der Waals surface area contributed by atoms with Crippen molar-refractivity contribution in [3.63, 3.8) is 0 Å².